The van der Waals surface area contributed by atoms with Crippen LogP contribution in [-0.4, -0.2) is 12.1 Å². The monoisotopic (exact) mass is 640 g/mol. The van der Waals surface area contributed by atoms with Crippen LogP contribution in [0.1, 0.15) is 126 Å². The zero-order valence-electron chi connectivity index (χ0n) is 30.4. The van der Waals surface area contributed by atoms with E-state index in [1.807, 2.05) is 0 Å². The van der Waals surface area contributed by atoms with E-state index in [9.17, 15) is 0 Å². The molecule has 2 heteroatoms. The molecule has 2 aliphatic rings. The molecule has 0 heterocycles. The van der Waals surface area contributed by atoms with Gasteiger partial charge in [-0.3, -0.25) is 0 Å². The molecule has 2 aliphatic carbocycles. The fourth-order valence-electron chi connectivity index (χ4n) is 8.39. The third-order valence-electron chi connectivity index (χ3n) is 11.2. The van der Waals surface area contributed by atoms with Crippen molar-refractivity contribution in [3.05, 3.63) is 107 Å². The second-order valence-corrected chi connectivity index (χ2v) is 14.9. The average Bonchev–Trinajstić information content (AvgIpc) is 3.13. The molecule has 0 aliphatic heterocycles. The van der Waals surface area contributed by atoms with Crippen molar-refractivity contribution < 1.29 is 0 Å². The fraction of sp³-hybridized carbons (Fsp3) is 0.478. The van der Waals surface area contributed by atoms with Gasteiger partial charge in [-0.25, -0.2) is 0 Å². The molecule has 0 saturated heterocycles. The summed E-state index contributed by atoms with van der Waals surface area (Å²) >= 11 is 0. The van der Waals surface area contributed by atoms with Gasteiger partial charge in [0.1, 0.15) is 0 Å². The lowest BCUT2D eigenvalue weighted by atomic mass is 9.91. The van der Waals surface area contributed by atoms with Gasteiger partial charge in [0, 0.05) is 34.8 Å². The highest BCUT2D eigenvalue weighted by molar-refractivity contribution is 5.77. The molecule has 4 aromatic rings. The van der Waals surface area contributed by atoms with Crippen molar-refractivity contribution in [1.82, 2.24) is 0 Å². The maximum Gasteiger partial charge on any atom is 0.0443 e. The number of anilines is 4. The van der Waals surface area contributed by atoms with Gasteiger partial charge in [-0.2, -0.15) is 0 Å². The predicted molar refractivity (Wildman–Crippen MR) is 209 cm³/mol. The van der Waals surface area contributed by atoms with E-state index in [4.69, 9.17) is 0 Å². The van der Waals surface area contributed by atoms with Crippen LogP contribution in [0.15, 0.2) is 84.9 Å². The normalized spacial score (nSPS) is 15.8. The molecule has 48 heavy (non-hydrogen) atoms. The lowest BCUT2D eigenvalue weighted by Gasteiger charge is -2.37. The summed E-state index contributed by atoms with van der Waals surface area (Å²) in [5, 5.41) is 0. The molecule has 6 rings (SSSR count). The van der Waals surface area contributed by atoms with E-state index in [0.29, 0.717) is 12.1 Å². The lowest BCUT2D eigenvalue weighted by molar-refractivity contribution is 0.435. The molecule has 2 saturated carbocycles. The zero-order valence-corrected chi connectivity index (χ0v) is 30.4. The first-order chi connectivity index (χ1) is 23.6. The van der Waals surface area contributed by atoms with Crippen LogP contribution in [0.3, 0.4) is 0 Å². The minimum atomic E-state index is 0.567. The van der Waals surface area contributed by atoms with Crippen molar-refractivity contribution in [3.63, 3.8) is 0 Å². The largest absolute Gasteiger partial charge is 0.338 e. The smallest absolute Gasteiger partial charge is 0.0443 e. The molecule has 0 amide bonds. The van der Waals surface area contributed by atoms with Gasteiger partial charge in [-0.15, -0.1) is 0 Å². The van der Waals surface area contributed by atoms with E-state index in [0.717, 1.165) is 0 Å². The first-order valence-electron chi connectivity index (χ1n) is 19.5. The molecule has 0 aromatic heterocycles. The number of aryl methyl sites for hydroxylation is 4. The SMILES string of the molecule is CCCCc1ccc(N(c2ccc(-c3ccc(N(c4ccc(CCCC)cc4)C4CCCCC4)c(C)c3)cc2C)C2CCCCC2)cc1. The maximum atomic E-state index is 2.67. The van der Waals surface area contributed by atoms with Gasteiger partial charge in [-0.05, 0) is 147 Å². The van der Waals surface area contributed by atoms with Crippen LogP contribution >= 0.6 is 0 Å². The summed E-state index contributed by atoms with van der Waals surface area (Å²) < 4.78 is 0. The molecule has 0 spiro atoms. The molecule has 4 aromatic carbocycles. The van der Waals surface area contributed by atoms with Crippen molar-refractivity contribution in [2.45, 2.75) is 143 Å². The van der Waals surface area contributed by atoms with Gasteiger partial charge in [0.05, 0.1) is 0 Å². The van der Waals surface area contributed by atoms with E-state index < -0.39 is 0 Å². The molecule has 0 radical (unpaired) electrons. The van der Waals surface area contributed by atoms with Gasteiger partial charge in [0.15, 0.2) is 0 Å². The quantitative estimate of drug-likeness (QED) is 0.143. The molecule has 0 bridgehead atoms. The summed E-state index contributed by atoms with van der Waals surface area (Å²) in [6.45, 7) is 9.20. The van der Waals surface area contributed by atoms with Gasteiger partial charge >= 0.3 is 0 Å². The molecule has 0 unspecified atom stereocenters. The molecule has 254 valence electrons. The Kier molecular flexibility index (Phi) is 12.0. The highest BCUT2D eigenvalue weighted by Gasteiger charge is 2.26. The third kappa shape index (κ3) is 8.19. The van der Waals surface area contributed by atoms with Crippen LogP contribution in [0.5, 0.6) is 0 Å². The highest BCUT2D eigenvalue weighted by atomic mass is 15.2. The average molecular weight is 641 g/mol. The van der Waals surface area contributed by atoms with Crippen molar-refractivity contribution in [3.8, 4) is 11.1 Å². The molecule has 0 atom stereocenters. The van der Waals surface area contributed by atoms with Crippen LogP contribution in [-0.2, 0) is 12.8 Å². The minimum Gasteiger partial charge on any atom is -0.338 e. The van der Waals surface area contributed by atoms with Gasteiger partial charge in [-0.1, -0.05) is 102 Å². The molecule has 2 fully saturated rings. The Bertz CT molecular complexity index is 1450. The van der Waals surface area contributed by atoms with Crippen LogP contribution < -0.4 is 9.80 Å². The van der Waals surface area contributed by atoms with Crippen LogP contribution in [0.2, 0.25) is 0 Å². The Morgan fingerprint density at radius 3 is 1.19 bits per heavy atom. The number of unbranched alkanes of at least 4 members (excludes halogenated alkanes) is 2. The van der Waals surface area contributed by atoms with E-state index >= 15 is 0 Å². The Labute approximate surface area is 292 Å². The number of nitrogens with zero attached hydrogens (tertiary/aromatic N) is 2. The summed E-state index contributed by atoms with van der Waals surface area (Å²) in [6.07, 6.45) is 20.5. The number of rotatable bonds is 13. The van der Waals surface area contributed by atoms with Gasteiger partial charge in [0.2, 0.25) is 0 Å². The minimum absolute atomic E-state index is 0.567. The van der Waals surface area contributed by atoms with Gasteiger partial charge < -0.3 is 9.80 Å². The number of hydrogen-bond acceptors (Lipinski definition) is 2. The molecular weight excluding hydrogens is 581 g/mol. The van der Waals surface area contributed by atoms with Crippen LogP contribution in [0.25, 0.3) is 11.1 Å². The Hall–Kier alpha value is -3.52. The second-order valence-electron chi connectivity index (χ2n) is 14.9. The Balaban J connectivity index is 1.28. The Morgan fingerprint density at radius 1 is 0.479 bits per heavy atom. The van der Waals surface area contributed by atoms with E-state index in [1.54, 1.807) is 0 Å². The Morgan fingerprint density at radius 2 is 0.854 bits per heavy atom. The highest BCUT2D eigenvalue weighted by Crippen LogP contribution is 2.40. The number of hydrogen-bond donors (Lipinski definition) is 0. The van der Waals surface area contributed by atoms with Crippen LogP contribution in [0, 0.1) is 13.8 Å². The van der Waals surface area contributed by atoms with E-state index in [2.05, 4.69) is 122 Å². The summed E-state index contributed by atoms with van der Waals surface area (Å²) in [4.78, 5) is 5.34. The van der Waals surface area contributed by atoms with Crippen molar-refractivity contribution in [2.24, 2.45) is 0 Å². The summed E-state index contributed by atoms with van der Waals surface area (Å²) in [5.41, 5.74) is 13.7. The standard InChI is InChI=1S/C46H60N2/c1-5-7-15-37-21-27-43(28-22-37)47(41-17-11-9-12-18-41)45-31-25-39(33-35(45)3)40-26-32-46(36(4)34-40)48(42-19-13-10-14-20-42)44-29-23-38(24-30-44)16-8-6-2/h21-34,41-42H,5-20H2,1-4H3. The lowest BCUT2D eigenvalue weighted by Crippen LogP contribution is -2.33. The molecular formula is C46H60N2. The van der Waals surface area contributed by atoms with Crippen LogP contribution in [0.4, 0.5) is 22.7 Å². The maximum absolute atomic E-state index is 2.67. The topological polar surface area (TPSA) is 6.48 Å². The summed E-state index contributed by atoms with van der Waals surface area (Å²) in [5.74, 6) is 0. The number of benzene rings is 4. The van der Waals surface area contributed by atoms with Crippen molar-refractivity contribution in [2.75, 3.05) is 9.80 Å². The van der Waals surface area contributed by atoms with E-state index in [-0.39, 0.29) is 0 Å². The first kappa shape index (κ1) is 34.3. The van der Waals surface area contributed by atoms with Gasteiger partial charge in [0.25, 0.3) is 0 Å². The van der Waals surface area contributed by atoms with Crippen molar-refractivity contribution >= 4 is 22.7 Å². The fourth-order valence-corrected chi connectivity index (χ4v) is 8.39. The zero-order chi connectivity index (χ0) is 33.3. The third-order valence-corrected chi connectivity index (χ3v) is 11.2. The molecule has 2 nitrogen and oxygen atoms in total. The van der Waals surface area contributed by atoms with E-state index in [1.165, 1.54) is 159 Å². The summed E-state index contributed by atoms with van der Waals surface area (Å²) in [6, 6.07) is 34.5. The molecule has 0 N–H and O–H groups in total. The first-order valence-corrected chi connectivity index (χ1v) is 19.5. The second kappa shape index (κ2) is 16.7. The van der Waals surface area contributed by atoms with Crippen molar-refractivity contribution in [1.29, 1.82) is 0 Å². The summed E-state index contributed by atoms with van der Waals surface area (Å²) in [7, 11) is 0. The predicted octanol–water partition coefficient (Wildman–Crippen LogP) is 13.6.